The highest BCUT2D eigenvalue weighted by Gasteiger charge is 2.19. The number of hydrogen-bond acceptors (Lipinski definition) is 3. The average molecular weight is 185 g/mol. The number of nitrogens with zero attached hydrogens (tertiary/aromatic N) is 2. The van der Waals surface area contributed by atoms with Gasteiger partial charge >= 0.3 is 0 Å². The van der Waals surface area contributed by atoms with E-state index in [2.05, 4.69) is 43.2 Å². The molecule has 1 N–H and O–H groups in total. The van der Waals surface area contributed by atoms with Crippen molar-refractivity contribution in [2.45, 2.75) is 25.4 Å². The van der Waals surface area contributed by atoms with Gasteiger partial charge in [-0.25, -0.2) is 0 Å². The van der Waals surface area contributed by atoms with Gasteiger partial charge in [0.05, 0.1) is 0 Å². The van der Waals surface area contributed by atoms with Crippen LogP contribution in [0.5, 0.6) is 0 Å². The lowest BCUT2D eigenvalue weighted by Gasteiger charge is -2.33. The van der Waals surface area contributed by atoms with Crippen LogP contribution in [-0.4, -0.2) is 62.7 Å². The van der Waals surface area contributed by atoms with Gasteiger partial charge in [-0.1, -0.05) is 0 Å². The maximum Gasteiger partial charge on any atom is 0.0210 e. The van der Waals surface area contributed by atoms with E-state index >= 15 is 0 Å². The van der Waals surface area contributed by atoms with Gasteiger partial charge in [-0.05, 0) is 34.5 Å². The smallest absolute Gasteiger partial charge is 0.0210 e. The summed E-state index contributed by atoms with van der Waals surface area (Å²) in [5.74, 6) is 0. The third-order valence-corrected chi connectivity index (χ3v) is 2.97. The SMILES string of the molecule is CC(CC1CN(C)CCN1)N(C)C. The van der Waals surface area contributed by atoms with Crippen LogP contribution in [0.25, 0.3) is 0 Å². The van der Waals surface area contributed by atoms with Crippen LogP contribution < -0.4 is 5.32 Å². The van der Waals surface area contributed by atoms with Crippen LogP contribution in [0.3, 0.4) is 0 Å². The van der Waals surface area contributed by atoms with E-state index in [-0.39, 0.29) is 0 Å². The summed E-state index contributed by atoms with van der Waals surface area (Å²) < 4.78 is 0. The molecule has 3 nitrogen and oxygen atoms in total. The van der Waals surface area contributed by atoms with Crippen molar-refractivity contribution in [3.63, 3.8) is 0 Å². The van der Waals surface area contributed by atoms with Gasteiger partial charge in [0.25, 0.3) is 0 Å². The molecule has 1 rings (SSSR count). The maximum atomic E-state index is 3.57. The molecule has 0 aromatic rings. The monoisotopic (exact) mass is 185 g/mol. The highest BCUT2D eigenvalue weighted by atomic mass is 15.2. The van der Waals surface area contributed by atoms with Gasteiger partial charge in [-0.15, -0.1) is 0 Å². The van der Waals surface area contributed by atoms with Crippen molar-refractivity contribution in [3.05, 3.63) is 0 Å². The van der Waals surface area contributed by atoms with Crippen molar-refractivity contribution in [2.75, 3.05) is 40.8 Å². The second kappa shape index (κ2) is 4.94. The second-order valence-corrected chi connectivity index (χ2v) is 4.46. The van der Waals surface area contributed by atoms with E-state index < -0.39 is 0 Å². The van der Waals surface area contributed by atoms with Crippen molar-refractivity contribution in [1.29, 1.82) is 0 Å². The topological polar surface area (TPSA) is 18.5 Å². The minimum Gasteiger partial charge on any atom is -0.311 e. The van der Waals surface area contributed by atoms with Gasteiger partial charge in [0.15, 0.2) is 0 Å². The van der Waals surface area contributed by atoms with E-state index in [0.29, 0.717) is 12.1 Å². The molecule has 0 aromatic carbocycles. The Balaban J connectivity index is 2.27. The average Bonchev–Trinajstić information content (AvgIpc) is 2.04. The zero-order chi connectivity index (χ0) is 9.84. The van der Waals surface area contributed by atoms with Crippen LogP contribution in [0.4, 0.5) is 0 Å². The molecule has 1 fully saturated rings. The molecule has 2 atom stereocenters. The highest BCUT2D eigenvalue weighted by molar-refractivity contribution is 4.80. The lowest BCUT2D eigenvalue weighted by atomic mass is 10.1. The summed E-state index contributed by atoms with van der Waals surface area (Å²) in [7, 11) is 6.50. The second-order valence-electron chi connectivity index (χ2n) is 4.46. The van der Waals surface area contributed by atoms with Crippen molar-refractivity contribution in [3.8, 4) is 0 Å². The molecule has 3 heteroatoms. The molecule has 0 aliphatic carbocycles. The van der Waals surface area contributed by atoms with Gasteiger partial charge in [0, 0.05) is 31.7 Å². The Labute approximate surface area is 82.1 Å². The minimum absolute atomic E-state index is 0.670. The largest absolute Gasteiger partial charge is 0.311 e. The Morgan fingerprint density at radius 3 is 2.77 bits per heavy atom. The summed E-state index contributed by atoms with van der Waals surface area (Å²) in [5.41, 5.74) is 0. The molecular weight excluding hydrogens is 162 g/mol. The summed E-state index contributed by atoms with van der Waals surface area (Å²) in [6, 6.07) is 1.35. The van der Waals surface area contributed by atoms with Gasteiger partial charge in [-0.2, -0.15) is 0 Å². The number of likely N-dealkylation sites (N-methyl/N-ethyl adjacent to an activating group) is 1. The predicted molar refractivity (Wildman–Crippen MR) is 57.1 cm³/mol. The van der Waals surface area contributed by atoms with E-state index in [9.17, 15) is 0 Å². The first-order chi connectivity index (χ1) is 6.09. The fraction of sp³-hybridized carbons (Fsp3) is 1.00. The first-order valence-electron chi connectivity index (χ1n) is 5.18. The van der Waals surface area contributed by atoms with Crippen LogP contribution in [0, 0.1) is 0 Å². The molecule has 2 unspecified atom stereocenters. The summed E-state index contributed by atoms with van der Waals surface area (Å²) in [4.78, 5) is 4.69. The van der Waals surface area contributed by atoms with Crippen LogP contribution in [0.2, 0.25) is 0 Å². The van der Waals surface area contributed by atoms with Gasteiger partial charge in [0.2, 0.25) is 0 Å². The molecule has 78 valence electrons. The zero-order valence-electron chi connectivity index (χ0n) is 9.38. The van der Waals surface area contributed by atoms with Gasteiger partial charge in [0.1, 0.15) is 0 Å². The van der Waals surface area contributed by atoms with Crippen molar-refractivity contribution in [1.82, 2.24) is 15.1 Å². The summed E-state index contributed by atoms with van der Waals surface area (Å²) in [6.07, 6.45) is 1.25. The summed E-state index contributed by atoms with van der Waals surface area (Å²) in [5, 5.41) is 3.57. The Morgan fingerprint density at radius 1 is 1.54 bits per heavy atom. The number of piperazine rings is 1. The zero-order valence-corrected chi connectivity index (χ0v) is 9.38. The van der Waals surface area contributed by atoms with Crippen molar-refractivity contribution >= 4 is 0 Å². The number of nitrogens with one attached hydrogen (secondary N) is 1. The standard InChI is InChI=1S/C10H23N3/c1-9(12(2)3)7-10-8-13(4)6-5-11-10/h9-11H,5-8H2,1-4H3. The third kappa shape index (κ3) is 3.63. The molecule has 0 bridgehead atoms. The Hall–Kier alpha value is -0.120. The first kappa shape index (κ1) is 11.0. The van der Waals surface area contributed by atoms with Crippen LogP contribution in [0.1, 0.15) is 13.3 Å². The Kier molecular flexibility index (Phi) is 4.16. The van der Waals surface area contributed by atoms with Gasteiger partial charge < -0.3 is 15.1 Å². The van der Waals surface area contributed by atoms with Crippen LogP contribution in [0.15, 0.2) is 0 Å². The quantitative estimate of drug-likeness (QED) is 0.679. The molecule has 1 saturated heterocycles. The normalized spacial score (nSPS) is 27.9. The maximum absolute atomic E-state index is 3.57. The number of hydrogen-bond donors (Lipinski definition) is 1. The van der Waals surface area contributed by atoms with E-state index in [1.165, 1.54) is 19.5 Å². The van der Waals surface area contributed by atoms with E-state index in [1.807, 2.05) is 0 Å². The fourth-order valence-electron chi connectivity index (χ4n) is 1.77. The molecular formula is C10H23N3. The summed E-state index contributed by atoms with van der Waals surface area (Å²) in [6.45, 7) is 5.81. The molecule has 1 aliphatic heterocycles. The first-order valence-corrected chi connectivity index (χ1v) is 5.18. The van der Waals surface area contributed by atoms with Gasteiger partial charge in [-0.3, -0.25) is 0 Å². The predicted octanol–water partition coefficient (Wildman–Crippen LogP) is 0.230. The van der Waals surface area contributed by atoms with E-state index in [4.69, 9.17) is 0 Å². The highest BCUT2D eigenvalue weighted by Crippen LogP contribution is 2.06. The minimum atomic E-state index is 0.670. The van der Waals surface area contributed by atoms with Crippen molar-refractivity contribution in [2.24, 2.45) is 0 Å². The molecule has 0 radical (unpaired) electrons. The van der Waals surface area contributed by atoms with Crippen LogP contribution in [-0.2, 0) is 0 Å². The lowest BCUT2D eigenvalue weighted by molar-refractivity contribution is 0.196. The van der Waals surface area contributed by atoms with Crippen molar-refractivity contribution < 1.29 is 0 Å². The van der Waals surface area contributed by atoms with E-state index in [0.717, 1.165) is 6.54 Å². The Bertz CT molecular complexity index is 147. The van der Waals surface area contributed by atoms with E-state index in [1.54, 1.807) is 0 Å². The summed E-state index contributed by atoms with van der Waals surface area (Å²) >= 11 is 0. The molecule has 13 heavy (non-hydrogen) atoms. The lowest BCUT2D eigenvalue weighted by Crippen LogP contribution is -2.50. The van der Waals surface area contributed by atoms with Crippen LogP contribution >= 0.6 is 0 Å². The molecule has 0 aromatic heterocycles. The molecule has 1 aliphatic rings. The Morgan fingerprint density at radius 2 is 2.23 bits per heavy atom. The molecule has 0 saturated carbocycles. The fourth-order valence-corrected chi connectivity index (χ4v) is 1.77. The molecule has 0 amide bonds. The molecule has 0 spiro atoms. The third-order valence-electron chi connectivity index (χ3n) is 2.97. The molecule has 1 heterocycles. The number of rotatable bonds is 3.